The van der Waals surface area contributed by atoms with E-state index in [4.69, 9.17) is 4.74 Å². The Hall–Kier alpha value is -2.57. The number of aliphatic hydroxyl groups is 1. The van der Waals surface area contributed by atoms with Crippen LogP contribution in [-0.4, -0.2) is 54.9 Å². The number of hydrogen-bond donors (Lipinski definition) is 2. The highest BCUT2D eigenvalue weighted by Crippen LogP contribution is 2.27. The Morgan fingerprint density at radius 3 is 2.59 bits per heavy atom. The van der Waals surface area contributed by atoms with Gasteiger partial charge in [-0.25, -0.2) is 0 Å². The first kappa shape index (κ1) is 19.7. The smallest absolute Gasteiger partial charge is 0.228 e. The highest BCUT2D eigenvalue weighted by atomic mass is 16.5. The quantitative estimate of drug-likeness (QED) is 0.755. The molecule has 0 bridgehead atoms. The maximum atomic E-state index is 11.4. The molecule has 29 heavy (non-hydrogen) atoms. The molecule has 1 amide bonds. The first-order valence-electron chi connectivity index (χ1n) is 10.4. The lowest BCUT2D eigenvalue weighted by Gasteiger charge is -2.38. The second-order valence-corrected chi connectivity index (χ2v) is 7.70. The lowest BCUT2D eigenvalue weighted by Crippen LogP contribution is -2.50. The summed E-state index contributed by atoms with van der Waals surface area (Å²) in [4.78, 5) is 15.9. The van der Waals surface area contributed by atoms with E-state index in [0.29, 0.717) is 19.4 Å². The van der Waals surface area contributed by atoms with Gasteiger partial charge in [-0.2, -0.15) is 0 Å². The Labute approximate surface area is 172 Å². The molecule has 2 heterocycles. The number of fused-ring (bicyclic) bond motifs is 1. The number of anilines is 2. The van der Waals surface area contributed by atoms with Crippen LogP contribution in [0.1, 0.15) is 24.5 Å². The molecule has 1 fully saturated rings. The summed E-state index contributed by atoms with van der Waals surface area (Å²) in [6, 6.07) is 14.4. The summed E-state index contributed by atoms with van der Waals surface area (Å²) in [5.74, 6) is 0.765. The lowest BCUT2D eigenvalue weighted by molar-refractivity contribution is -0.115. The van der Waals surface area contributed by atoms with Crippen LogP contribution in [0.5, 0.6) is 5.75 Å². The highest BCUT2D eigenvalue weighted by Gasteiger charge is 2.23. The fraction of sp³-hybridized carbons (Fsp3) is 0.435. The number of hydrogen-bond acceptors (Lipinski definition) is 5. The zero-order valence-corrected chi connectivity index (χ0v) is 16.9. The molecule has 0 aromatic heterocycles. The van der Waals surface area contributed by atoms with Crippen molar-refractivity contribution in [3.05, 3.63) is 53.6 Å². The van der Waals surface area contributed by atoms with Crippen LogP contribution < -0.4 is 15.0 Å². The summed E-state index contributed by atoms with van der Waals surface area (Å²) in [6.07, 6.45) is 1.51. The fourth-order valence-corrected chi connectivity index (χ4v) is 3.98. The van der Waals surface area contributed by atoms with Crippen LogP contribution in [-0.2, 0) is 17.6 Å². The van der Waals surface area contributed by atoms with E-state index in [0.717, 1.165) is 49.6 Å². The Morgan fingerprint density at radius 2 is 1.86 bits per heavy atom. The van der Waals surface area contributed by atoms with Crippen molar-refractivity contribution < 1.29 is 14.6 Å². The third-order valence-electron chi connectivity index (χ3n) is 5.79. The number of ether oxygens (including phenoxy) is 1. The topological polar surface area (TPSA) is 65.0 Å². The summed E-state index contributed by atoms with van der Waals surface area (Å²) in [5.41, 5.74) is 4.44. The second-order valence-electron chi connectivity index (χ2n) is 7.70. The van der Waals surface area contributed by atoms with E-state index in [1.54, 1.807) is 0 Å². The van der Waals surface area contributed by atoms with E-state index in [9.17, 15) is 9.90 Å². The minimum atomic E-state index is -0.503. The molecule has 4 rings (SSSR count). The Bertz CT molecular complexity index is 845. The number of rotatable bonds is 7. The summed E-state index contributed by atoms with van der Waals surface area (Å²) < 4.78 is 5.80. The minimum absolute atomic E-state index is 0.0213. The van der Waals surface area contributed by atoms with E-state index >= 15 is 0 Å². The summed E-state index contributed by atoms with van der Waals surface area (Å²) in [7, 11) is 0. The first-order chi connectivity index (χ1) is 14.1. The molecular weight excluding hydrogens is 366 g/mol. The van der Waals surface area contributed by atoms with Gasteiger partial charge < -0.3 is 20.1 Å². The lowest BCUT2D eigenvalue weighted by atomic mass is 10.1. The van der Waals surface area contributed by atoms with Crippen molar-refractivity contribution >= 4 is 17.3 Å². The van der Waals surface area contributed by atoms with Gasteiger partial charge in [0.1, 0.15) is 12.0 Å². The summed E-state index contributed by atoms with van der Waals surface area (Å²) >= 11 is 0. The largest absolute Gasteiger partial charge is 0.493 e. The molecule has 0 spiro atoms. The molecule has 1 saturated heterocycles. The maximum absolute atomic E-state index is 11.4. The van der Waals surface area contributed by atoms with Crippen molar-refractivity contribution in [2.45, 2.75) is 32.4 Å². The second kappa shape index (κ2) is 8.84. The number of aryl methyl sites for hydroxylation is 1. The summed E-state index contributed by atoms with van der Waals surface area (Å²) in [6.45, 7) is 6.11. The number of nitrogens with one attached hydrogen (secondary N) is 1. The molecule has 2 aromatic carbocycles. The van der Waals surface area contributed by atoms with E-state index in [2.05, 4.69) is 46.3 Å². The number of nitrogens with zero attached hydrogens (tertiary/aromatic N) is 2. The van der Waals surface area contributed by atoms with Gasteiger partial charge in [-0.15, -0.1) is 0 Å². The van der Waals surface area contributed by atoms with E-state index in [1.807, 2.05) is 18.2 Å². The minimum Gasteiger partial charge on any atom is -0.493 e. The van der Waals surface area contributed by atoms with Gasteiger partial charge in [0.25, 0.3) is 0 Å². The number of carbonyl (C=O) groups excluding carboxylic acids is 1. The zero-order chi connectivity index (χ0) is 20.2. The van der Waals surface area contributed by atoms with Crippen LogP contribution >= 0.6 is 0 Å². The molecular formula is C23H29N3O3. The van der Waals surface area contributed by atoms with Crippen LogP contribution in [0.4, 0.5) is 11.4 Å². The van der Waals surface area contributed by atoms with Gasteiger partial charge in [0.15, 0.2) is 0 Å². The predicted octanol–water partition coefficient (Wildman–Crippen LogP) is 2.65. The third-order valence-corrected chi connectivity index (χ3v) is 5.79. The van der Waals surface area contributed by atoms with Crippen molar-refractivity contribution in [2.75, 3.05) is 43.0 Å². The molecule has 6 nitrogen and oxygen atoms in total. The van der Waals surface area contributed by atoms with Crippen LogP contribution in [0.25, 0.3) is 0 Å². The SMILES string of the molecule is CCc1ccc(N2CCN([C@H](O)CCOc3ccc4c(c3)CC(=O)N4)CC2)cc1. The molecule has 6 heteroatoms. The highest BCUT2D eigenvalue weighted by molar-refractivity contribution is 5.99. The zero-order valence-electron chi connectivity index (χ0n) is 16.9. The Morgan fingerprint density at radius 1 is 1.10 bits per heavy atom. The van der Waals surface area contributed by atoms with Gasteiger partial charge >= 0.3 is 0 Å². The molecule has 1 atom stereocenters. The standard InChI is InChI=1S/C23H29N3O3/c1-2-17-3-5-19(6-4-17)25-10-12-26(13-11-25)23(28)9-14-29-20-7-8-21-18(15-20)16-22(27)24-21/h3-8,15,23,28H,2,9-14,16H2,1H3,(H,24,27)/t23-/m1/s1. The number of benzene rings is 2. The van der Waals surface area contributed by atoms with Gasteiger partial charge in [0, 0.05) is 44.0 Å². The molecule has 2 aliphatic rings. The van der Waals surface area contributed by atoms with E-state index in [-0.39, 0.29) is 5.91 Å². The monoisotopic (exact) mass is 395 g/mol. The van der Waals surface area contributed by atoms with Crippen LogP contribution in [0, 0.1) is 0 Å². The average Bonchev–Trinajstić information content (AvgIpc) is 3.13. The van der Waals surface area contributed by atoms with Gasteiger partial charge in [0.2, 0.25) is 5.91 Å². The fourth-order valence-electron chi connectivity index (χ4n) is 3.98. The van der Waals surface area contributed by atoms with Crippen molar-refractivity contribution in [1.82, 2.24) is 4.90 Å². The predicted molar refractivity (Wildman–Crippen MR) is 115 cm³/mol. The van der Waals surface area contributed by atoms with Gasteiger partial charge in [-0.05, 0) is 47.9 Å². The summed E-state index contributed by atoms with van der Waals surface area (Å²) in [5, 5.41) is 13.4. The molecule has 2 aliphatic heterocycles. The van der Waals surface area contributed by atoms with Crippen LogP contribution in [0.15, 0.2) is 42.5 Å². The van der Waals surface area contributed by atoms with E-state index in [1.165, 1.54) is 11.3 Å². The molecule has 0 aliphatic carbocycles. The third kappa shape index (κ3) is 4.71. The first-order valence-corrected chi connectivity index (χ1v) is 10.4. The van der Waals surface area contributed by atoms with Gasteiger partial charge in [-0.3, -0.25) is 9.69 Å². The average molecular weight is 396 g/mol. The normalized spacial score (nSPS) is 17.7. The van der Waals surface area contributed by atoms with Crippen LogP contribution in [0.3, 0.4) is 0 Å². The Balaban J connectivity index is 1.21. The van der Waals surface area contributed by atoms with Crippen molar-refractivity contribution in [2.24, 2.45) is 0 Å². The molecule has 154 valence electrons. The van der Waals surface area contributed by atoms with Gasteiger partial charge in [0.05, 0.1) is 13.0 Å². The molecule has 0 saturated carbocycles. The number of amides is 1. The van der Waals surface area contributed by atoms with Crippen molar-refractivity contribution in [3.8, 4) is 5.75 Å². The van der Waals surface area contributed by atoms with Crippen LogP contribution in [0.2, 0.25) is 0 Å². The maximum Gasteiger partial charge on any atom is 0.228 e. The van der Waals surface area contributed by atoms with Gasteiger partial charge in [-0.1, -0.05) is 19.1 Å². The number of aliphatic hydroxyl groups excluding tert-OH is 1. The molecule has 0 unspecified atom stereocenters. The molecule has 2 N–H and O–H groups in total. The number of piperazine rings is 1. The molecule has 2 aromatic rings. The Kier molecular flexibility index (Phi) is 6.02. The van der Waals surface area contributed by atoms with Crippen molar-refractivity contribution in [3.63, 3.8) is 0 Å². The molecule has 0 radical (unpaired) electrons. The number of carbonyl (C=O) groups is 1. The van der Waals surface area contributed by atoms with Crippen molar-refractivity contribution in [1.29, 1.82) is 0 Å². The van der Waals surface area contributed by atoms with E-state index < -0.39 is 6.23 Å².